The summed E-state index contributed by atoms with van der Waals surface area (Å²) in [6.45, 7) is 14.1. The Morgan fingerprint density at radius 3 is 1.18 bits per heavy atom. The Balaban J connectivity index is 3.50. The van der Waals surface area contributed by atoms with Crippen LogP contribution in [0.5, 0.6) is 11.5 Å². The van der Waals surface area contributed by atoms with Crippen LogP contribution in [0.4, 0.5) is 0 Å². The molecule has 2 nitrogen and oxygen atoms in total. The third-order valence-electron chi connectivity index (χ3n) is 2.59. The van der Waals surface area contributed by atoms with Crippen molar-refractivity contribution in [1.29, 1.82) is 0 Å². The molecule has 0 saturated heterocycles. The van der Waals surface area contributed by atoms with Gasteiger partial charge in [-0.05, 0) is 0 Å². The second kappa shape index (κ2) is 4.78. The number of hydrogen-bond acceptors (Lipinski definition) is 3. The van der Waals surface area contributed by atoms with E-state index in [1.807, 2.05) is 11.3 Å². The average molecular weight is 289 g/mol. The molecular weight excluding hydrogens is 264 g/mol. The molecule has 1 aromatic heterocycles. The number of ether oxygens (including phenoxy) is 2. The first-order valence-electron chi connectivity index (χ1n) is 5.88. The monoisotopic (exact) mass is 288 g/mol. The van der Waals surface area contributed by atoms with Crippen LogP contribution in [0.15, 0.2) is 0 Å². The van der Waals surface area contributed by atoms with Crippen LogP contribution in [0.3, 0.4) is 0 Å². The molecule has 1 aromatic rings. The van der Waals surface area contributed by atoms with E-state index in [-0.39, 0.29) is 0 Å². The maximum absolute atomic E-state index is 5.61. The summed E-state index contributed by atoms with van der Waals surface area (Å²) in [5, 5.41) is 0. The van der Waals surface area contributed by atoms with E-state index in [9.17, 15) is 0 Å². The smallest absolute Gasteiger partial charge is 0.170 e. The van der Waals surface area contributed by atoms with Crippen molar-refractivity contribution in [3.63, 3.8) is 0 Å². The van der Waals surface area contributed by atoms with Gasteiger partial charge in [-0.25, -0.2) is 0 Å². The molecule has 1 heterocycles. The lowest BCUT2D eigenvalue weighted by Crippen LogP contribution is -2.38. The minimum Gasteiger partial charge on any atom is -0.492 e. The van der Waals surface area contributed by atoms with Crippen molar-refractivity contribution in [3.8, 4) is 11.5 Å². The molecule has 0 unspecified atom stereocenters. The third kappa shape index (κ3) is 2.95. The van der Waals surface area contributed by atoms with Gasteiger partial charge in [0.25, 0.3) is 0 Å². The number of thiophene rings is 1. The fourth-order valence-electron chi connectivity index (χ4n) is 1.76. The molecule has 0 aliphatic carbocycles. The van der Waals surface area contributed by atoms with Crippen LogP contribution < -0.4 is 18.5 Å². The van der Waals surface area contributed by atoms with Gasteiger partial charge >= 0.3 is 0 Å². The van der Waals surface area contributed by atoms with E-state index in [2.05, 4.69) is 39.3 Å². The first-order valence-corrected chi connectivity index (χ1v) is 13.7. The molecule has 0 N–H and O–H groups in total. The minimum atomic E-state index is -1.37. The first kappa shape index (κ1) is 14.8. The van der Waals surface area contributed by atoms with E-state index < -0.39 is 16.1 Å². The molecule has 0 spiro atoms. The van der Waals surface area contributed by atoms with Gasteiger partial charge in [-0.15, -0.1) is 11.3 Å². The van der Waals surface area contributed by atoms with Gasteiger partial charge in [0.15, 0.2) is 11.5 Å². The molecule has 98 valence electrons. The van der Waals surface area contributed by atoms with Crippen molar-refractivity contribution in [2.45, 2.75) is 39.3 Å². The quantitative estimate of drug-likeness (QED) is 0.793. The maximum Gasteiger partial charge on any atom is 0.170 e. The van der Waals surface area contributed by atoms with Gasteiger partial charge < -0.3 is 9.47 Å². The van der Waals surface area contributed by atoms with Crippen LogP contribution in [-0.4, -0.2) is 30.4 Å². The first-order chi connectivity index (χ1) is 7.62. The summed E-state index contributed by atoms with van der Waals surface area (Å²) in [4.78, 5) is 0. The van der Waals surface area contributed by atoms with E-state index in [1.165, 1.54) is 9.00 Å². The normalized spacial score (nSPS) is 12.7. The van der Waals surface area contributed by atoms with Crippen molar-refractivity contribution in [3.05, 3.63) is 0 Å². The van der Waals surface area contributed by atoms with Crippen LogP contribution >= 0.6 is 11.3 Å². The maximum atomic E-state index is 5.61. The molecule has 0 fully saturated rings. The highest BCUT2D eigenvalue weighted by Gasteiger charge is 2.34. The summed E-state index contributed by atoms with van der Waals surface area (Å²) in [6, 6.07) is 0. The van der Waals surface area contributed by atoms with Gasteiger partial charge in [0.2, 0.25) is 0 Å². The van der Waals surface area contributed by atoms with E-state index in [0.717, 1.165) is 11.5 Å². The van der Waals surface area contributed by atoms with Gasteiger partial charge in [0.05, 0.1) is 30.4 Å². The topological polar surface area (TPSA) is 18.5 Å². The molecule has 0 saturated carbocycles. The highest BCUT2D eigenvalue weighted by Crippen LogP contribution is 2.32. The molecular formula is C12H24O2SSi2. The Hall–Kier alpha value is -0.266. The lowest BCUT2D eigenvalue weighted by atomic mass is 10.5. The Kier molecular flexibility index (Phi) is 4.16. The number of rotatable bonds is 4. The van der Waals surface area contributed by atoms with Gasteiger partial charge in [0, 0.05) is 9.00 Å². The van der Waals surface area contributed by atoms with Crippen molar-refractivity contribution in [2.24, 2.45) is 0 Å². The SMILES string of the molecule is COc1c([Si](C)(C)C)sc([Si](C)(C)C)c1OC. The average Bonchev–Trinajstić information content (AvgIpc) is 2.54. The van der Waals surface area contributed by atoms with Crippen molar-refractivity contribution in [2.75, 3.05) is 14.2 Å². The molecule has 0 bridgehead atoms. The number of methoxy groups -OCH3 is 2. The summed E-state index contributed by atoms with van der Waals surface area (Å²) in [5.74, 6) is 1.99. The minimum absolute atomic E-state index is 0.995. The fraction of sp³-hybridized carbons (Fsp3) is 0.667. The Bertz CT molecular complexity index is 363. The van der Waals surface area contributed by atoms with Gasteiger partial charge in [-0.3, -0.25) is 0 Å². The Morgan fingerprint density at radius 1 is 0.706 bits per heavy atom. The highest BCUT2D eigenvalue weighted by molar-refractivity contribution is 7.36. The van der Waals surface area contributed by atoms with Crippen LogP contribution in [-0.2, 0) is 0 Å². The van der Waals surface area contributed by atoms with Crippen molar-refractivity contribution < 1.29 is 9.47 Å². The van der Waals surface area contributed by atoms with Crippen LogP contribution in [0, 0.1) is 0 Å². The molecule has 17 heavy (non-hydrogen) atoms. The predicted molar refractivity (Wildman–Crippen MR) is 83.4 cm³/mol. The van der Waals surface area contributed by atoms with Gasteiger partial charge in [0.1, 0.15) is 0 Å². The van der Waals surface area contributed by atoms with E-state index in [1.54, 1.807) is 14.2 Å². The second-order valence-corrected chi connectivity index (χ2v) is 18.1. The van der Waals surface area contributed by atoms with Gasteiger partial charge in [-0.1, -0.05) is 39.3 Å². The summed E-state index contributed by atoms with van der Waals surface area (Å²) in [6.07, 6.45) is 0. The van der Waals surface area contributed by atoms with Crippen molar-refractivity contribution >= 4 is 36.5 Å². The molecule has 0 amide bonds. The highest BCUT2D eigenvalue weighted by atomic mass is 32.1. The largest absolute Gasteiger partial charge is 0.492 e. The molecule has 1 rings (SSSR count). The van der Waals surface area contributed by atoms with Crippen LogP contribution in [0.1, 0.15) is 0 Å². The third-order valence-corrected chi connectivity index (χ3v) is 10.8. The second-order valence-electron chi connectivity index (χ2n) is 6.33. The molecule has 5 heteroatoms. The molecule has 0 aromatic carbocycles. The molecule has 0 radical (unpaired) electrons. The standard InChI is InChI=1S/C12H24O2SSi2/c1-13-9-10(14-2)12(17(6,7)8)15-11(9)16(3,4)5/h1-8H3. The Morgan fingerprint density at radius 2 is 1.00 bits per heavy atom. The summed E-state index contributed by atoms with van der Waals surface area (Å²) in [5.41, 5.74) is 0. The fourth-order valence-corrected chi connectivity index (χ4v) is 7.66. The number of hydrogen-bond donors (Lipinski definition) is 0. The predicted octanol–water partition coefficient (Wildman–Crippen LogP) is 2.86. The molecule has 0 atom stereocenters. The van der Waals surface area contributed by atoms with Crippen molar-refractivity contribution in [1.82, 2.24) is 0 Å². The molecule has 0 aliphatic heterocycles. The summed E-state index contributed by atoms with van der Waals surface area (Å²) in [7, 11) is 0.767. The van der Waals surface area contributed by atoms with E-state index in [0.29, 0.717) is 0 Å². The van der Waals surface area contributed by atoms with E-state index in [4.69, 9.17) is 9.47 Å². The Labute approximate surface area is 111 Å². The molecule has 0 aliphatic rings. The lowest BCUT2D eigenvalue weighted by Gasteiger charge is -2.16. The van der Waals surface area contributed by atoms with Crippen LogP contribution in [0.2, 0.25) is 39.3 Å². The zero-order chi connectivity index (χ0) is 13.4. The summed E-state index contributed by atoms with van der Waals surface area (Å²) < 4.78 is 14.1. The van der Waals surface area contributed by atoms with E-state index >= 15 is 0 Å². The lowest BCUT2D eigenvalue weighted by molar-refractivity contribution is 0.361. The zero-order valence-electron chi connectivity index (χ0n) is 12.2. The summed E-state index contributed by atoms with van der Waals surface area (Å²) >= 11 is 1.92. The van der Waals surface area contributed by atoms with Crippen LogP contribution in [0.25, 0.3) is 0 Å². The zero-order valence-corrected chi connectivity index (χ0v) is 15.0. The van der Waals surface area contributed by atoms with Gasteiger partial charge in [-0.2, -0.15) is 0 Å².